The third-order valence-electron chi connectivity index (χ3n) is 3.57. The lowest BCUT2D eigenvalue weighted by Gasteiger charge is -2.15. The molecule has 1 N–H and O–H groups in total. The summed E-state index contributed by atoms with van der Waals surface area (Å²) >= 11 is 3.80. The summed E-state index contributed by atoms with van der Waals surface area (Å²) in [5, 5.41) is 1.69. The van der Waals surface area contributed by atoms with E-state index in [0.717, 1.165) is 12.1 Å². The minimum atomic E-state index is -0.869. The van der Waals surface area contributed by atoms with Gasteiger partial charge in [0, 0.05) is 5.56 Å². The van der Waals surface area contributed by atoms with Crippen molar-refractivity contribution in [3.05, 3.63) is 71.3 Å². The van der Waals surface area contributed by atoms with Crippen molar-refractivity contribution in [1.29, 1.82) is 0 Å². The Kier molecular flexibility index (Phi) is 4.94. The first-order valence-corrected chi connectivity index (χ1v) is 7.91. The predicted octanol–water partition coefficient (Wildman–Crippen LogP) is 4.68. The zero-order valence-electron chi connectivity index (χ0n) is 13.4. The van der Waals surface area contributed by atoms with E-state index in [1.165, 1.54) is 31.2 Å². The molecule has 0 aliphatic carbocycles. The van der Waals surface area contributed by atoms with E-state index in [1.54, 1.807) is 6.07 Å². The number of halogens is 3. The first-order valence-electron chi connectivity index (χ1n) is 7.46. The number of aromatic nitrogens is 2. The molecule has 0 unspecified atom stereocenters. The largest absolute Gasteiger partial charge is 0.335 e. The number of para-hydroxylation sites is 1. The van der Waals surface area contributed by atoms with Gasteiger partial charge >= 0.3 is 0 Å². The summed E-state index contributed by atoms with van der Waals surface area (Å²) in [5.41, 5.74) is -0.644. The number of thiol groups is 1. The average Bonchev–Trinajstić information content (AvgIpc) is 2.58. The van der Waals surface area contributed by atoms with Crippen LogP contribution in [0.5, 0.6) is 0 Å². The predicted molar refractivity (Wildman–Crippen MR) is 95.1 cm³/mol. The zero-order chi connectivity index (χ0) is 18.8. The molecule has 3 rings (SSSR count). The van der Waals surface area contributed by atoms with Gasteiger partial charge in [-0.15, -0.1) is 12.6 Å². The van der Waals surface area contributed by atoms with Gasteiger partial charge in [0.1, 0.15) is 34.8 Å². The van der Waals surface area contributed by atoms with Gasteiger partial charge in [-0.25, -0.2) is 23.1 Å². The van der Waals surface area contributed by atoms with Crippen molar-refractivity contribution in [2.75, 3.05) is 5.32 Å². The highest BCUT2D eigenvalue weighted by Gasteiger charge is 2.22. The molecule has 1 heterocycles. The lowest BCUT2D eigenvalue weighted by molar-refractivity contribution is 0.109. The van der Waals surface area contributed by atoms with Gasteiger partial charge in [-0.2, -0.15) is 0 Å². The molecule has 0 spiro atoms. The fraction of sp³-hybridized carbons (Fsp3) is 0.0556. The quantitative estimate of drug-likeness (QED) is 0.650. The van der Waals surface area contributed by atoms with E-state index in [0.29, 0.717) is 0 Å². The lowest BCUT2D eigenvalue weighted by Crippen LogP contribution is -2.10. The van der Waals surface area contributed by atoms with Crippen molar-refractivity contribution >= 4 is 29.2 Å². The normalized spacial score (nSPS) is 10.7. The maximum Gasteiger partial charge on any atom is 0.222 e. The van der Waals surface area contributed by atoms with Gasteiger partial charge in [0.15, 0.2) is 0 Å². The minimum absolute atomic E-state index is 0.0187. The van der Waals surface area contributed by atoms with Gasteiger partial charge in [0.05, 0.1) is 11.3 Å². The Morgan fingerprint density at radius 3 is 2.19 bits per heavy atom. The Morgan fingerprint density at radius 1 is 0.962 bits per heavy atom. The van der Waals surface area contributed by atoms with Crippen LogP contribution >= 0.6 is 12.6 Å². The lowest BCUT2D eigenvalue weighted by atomic mass is 10.1. The monoisotopic (exact) mass is 375 g/mol. The Bertz CT molecular complexity index is 991. The zero-order valence-corrected chi connectivity index (χ0v) is 14.3. The van der Waals surface area contributed by atoms with Gasteiger partial charge in [-0.1, -0.05) is 18.2 Å². The smallest absolute Gasteiger partial charge is 0.222 e. The summed E-state index contributed by atoms with van der Waals surface area (Å²) in [6, 6.07) is 9.03. The number of aryl methyl sites for hydroxylation is 1. The number of carbonyl (C=O) groups is 1. The molecule has 0 aliphatic heterocycles. The van der Waals surface area contributed by atoms with Gasteiger partial charge in [-0.3, -0.25) is 4.79 Å². The molecule has 0 amide bonds. The highest BCUT2D eigenvalue weighted by atomic mass is 32.1. The van der Waals surface area contributed by atoms with Crippen LogP contribution in [0.4, 0.5) is 24.7 Å². The molecule has 0 saturated carbocycles. The molecule has 2 aromatic carbocycles. The fourth-order valence-electron chi connectivity index (χ4n) is 2.45. The third kappa shape index (κ3) is 3.41. The molecule has 0 atom stereocenters. The number of nitrogens with one attached hydrogen (secondary N) is 1. The van der Waals surface area contributed by atoms with Gasteiger partial charge < -0.3 is 5.32 Å². The van der Waals surface area contributed by atoms with Crippen molar-refractivity contribution in [2.24, 2.45) is 0 Å². The Balaban J connectivity index is 2.24. The highest BCUT2D eigenvalue weighted by molar-refractivity contribution is 7.97. The molecule has 0 fully saturated rings. The molecule has 0 saturated heterocycles. The van der Waals surface area contributed by atoms with E-state index < -0.39 is 28.3 Å². The molecule has 4 nitrogen and oxygen atoms in total. The molecule has 8 heteroatoms. The topological polar surface area (TPSA) is 54.9 Å². The van der Waals surface area contributed by atoms with Crippen LogP contribution in [0.25, 0.3) is 11.3 Å². The van der Waals surface area contributed by atoms with E-state index in [-0.39, 0.29) is 28.5 Å². The van der Waals surface area contributed by atoms with Gasteiger partial charge in [0.25, 0.3) is 0 Å². The number of carbonyl (C=O) groups excluding carboxylic acids is 1. The van der Waals surface area contributed by atoms with Crippen molar-refractivity contribution in [1.82, 2.24) is 9.97 Å². The van der Waals surface area contributed by atoms with Crippen molar-refractivity contribution in [3.63, 3.8) is 0 Å². The van der Waals surface area contributed by atoms with Crippen LogP contribution in [0, 0.1) is 24.4 Å². The van der Waals surface area contributed by atoms with Gasteiger partial charge in [0.2, 0.25) is 5.12 Å². The second-order valence-electron chi connectivity index (χ2n) is 5.35. The third-order valence-corrected chi connectivity index (χ3v) is 3.79. The van der Waals surface area contributed by atoms with Crippen molar-refractivity contribution in [3.8, 4) is 11.3 Å². The van der Waals surface area contributed by atoms with Crippen LogP contribution in [0.2, 0.25) is 0 Å². The van der Waals surface area contributed by atoms with Crippen LogP contribution in [0.15, 0.2) is 42.5 Å². The van der Waals surface area contributed by atoms with Crippen LogP contribution in [0.3, 0.4) is 0 Å². The summed E-state index contributed by atoms with van der Waals surface area (Å²) < 4.78 is 42.1. The number of anilines is 2. The molecule has 3 aromatic rings. The van der Waals surface area contributed by atoms with E-state index in [1.807, 2.05) is 0 Å². The maximum atomic E-state index is 14.2. The van der Waals surface area contributed by atoms with E-state index >= 15 is 0 Å². The van der Waals surface area contributed by atoms with Crippen LogP contribution in [-0.4, -0.2) is 15.1 Å². The second-order valence-corrected chi connectivity index (χ2v) is 5.76. The molecule has 132 valence electrons. The number of benzene rings is 2. The van der Waals surface area contributed by atoms with Crippen LogP contribution in [-0.2, 0) is 0 Å². The van der Waals surface area contributed by atoms with Crippen molar-refractivity contribution in [2.45, 2.75) is 6.92 Å². The standard InChI is InChI=1S/C18H12F3N3OS/c1-9-22-15(10-5-2-3-6-11(10)19)14(18(25)26)17(23-9)24-16-12(20)7-4-8-13(16)21/h2-8H,1H3,(H,25,26)(H,22,23,24). The fourth-order valence-corrected chi connectivity index (χ4v) is 2.66. The SMILES string of the molecule is Cc1nc(Nc2c(F)cccc2F)c(C(=O)S)c(-c2ccccc2F)n1. The first-order chi connectivity index (χ1) is 12.4. The van der Waals surface area contributed by atoms with Gasteiger partial charge in [-0.05, 0) is 31.2 Å². The molecule has 0 radical (unpaired) electrons. The summed E-state index contributed by atoms with van der Waals surface area (Å²) in [7, 11) is 0. The second kappa shape index (κ2) is 7.17. The molecule has 1 aromatic heterocycles. The summed E-state index contributed by atoms with van der Waals surface area (Å²) in [5.74, 6) is -2.33. The Hall–Kier alpha value is -2.87. The molecule has 0 bridgehead atoms. The maximum absolute atomic E-state index is 14.2. The molecular formula is C18H12F3N3OS. The van der Waals surface area contributed by atoms with Crippen LogP contribution < -0.4 is 5.32 Å². The first kappa shape index (κ1) is 17.9. The van der Waals surface area contributed by atoms with Crippen LogP contribution in [0.1, 0.15) is 16.2 Å². The molecular weight excluding hydrogens is 363 g/mol. The average molecular weight is 375 g/mol. The summed E-state index contributed by atoms with van der Waals surface area (Å²) in [4.78, 5) is 20.2. The van der Waals surface area contributed by atoms with E-state index in [9.17, 15) is 18.0 Å². The Morgan fingerprint density at radius 2 is 1.58 bits per heavy atom. The number of rotatable bonds is 4. The van der Waals surface area contributed by atoms with Crippen molar-refractivity contribution < 1.29 is 18.0 Å². The summed E-state index contributed by atoms with van der Waals surface area (Å²) in [6.45, 7) is 1.51. The number of hydrogen-bond donors (Lipinski definition) is 2. The summed E-state index contributed by atoms with van der Waals surface area (Å²) in [6.07, 6.45) is 0. The number of hydrogen-bond acceptors (Lipinski definition) is 4. The van der Waals surface area contributed by atoms with E-state index in [4.69, 9.17) is 0 Å². The highest BCUT2D eigenvalue weighted by Crippen LogP contribution is 2.32. The minimum Gasteiger partial charge on any atom is -0.335 e. The molecule has 26 heavy (non-hydrogen) atoms. The number of nitrogens with zero attached hydrogens (tertiary/aromatic N) is 2. The molecule has 0 aliphatic rings. The Labute approximate surface area is 152 Å². The van der Waals surface area contributed by atoms with E-state index in [2.05, 4.69) is 27.9 Å².